The maximum absolute atomic E-state index is 11.7. The van der Waals surface area contributed by atoms with E-state index >= 15 is 0 Å². The number of halogens is 1. The van der Waals surface area contributed by atoms with Crippen LogP contribution in [0.25, 0.3) is 0 Å². The number of hydrogen-bond donors (Lipinski definition) is 2. The molecular formula is C22H34ClN5O. The van der Waals surface area contributed by atoms with Crippen LogP contribution in [-0.2, 0) is 4.79 Å². The maximum Gasteiger partial charge on any atom is 0.222 e. The summed E-state index contributed by atoms with van der Waals surface area (Å²) in [5, 5.41) is 7.54. The van der Waals surface area contributed by atoms with Crippen LogP contribution in [-0.4, -0.2) is 62.6 Å². The van der Waals surface area contributed by atoms with E-state index in [1.165, 1.54) is 11.3 Å². The van der Waals surface area contributed by atoms with Gasteiger partial charge in [-0.2, -0.15) is 0 Å². The van der Waals surface area contributed by atoms with Crippen molar-refractivity contribution < 1.29 is 4.79 Å². The van der Waals surface area contributed by atoms with Crippen LogP contribution in [0.4, 0.5) is 5.69 Å². The first-order chi connectivity index (χ1) is 14.1. The molecule has 6 nitrogen and oxygen atoms in total. The molecule has 7 heteroatoms. The zero-order chi connectivity index (χ0) is 20.6. The van der Waals surface area contributed by atoms with Gasteiger partial charge in [-0.25, -0.2) is 0 Å². The maximum atomic E-state index is 11.7. The third-order valence-electron chi connectivity index (χ3n) is 5.72. The normalized spacial score (nSPS) is 19.9. The number of anilines is 1. The Bertz CT molecular complexity index is 723. The molecule has 2 saturated heterocycles. The lowest BCUT2D eigenvalue weighted by atomic mass is 10.1. The predicted molar refractivity (Wildman–Crippen MR) is 121 cm³/mol. The quantitative estimate of drug-likeness (QED) is 0.386. The first-order valence-corrected chi connectivity index (χ1v) is 11.3. The van der Waals surface area contributed by atoms with Crippen LogP contribution in [0.2, 0.25) is 5.02 Å². The SMILES string of the molecule is CCNC(=NCC1CCN(c2cc(Cl)ccc2C)C1)NCCCN1CCCC1=O. The number of benzene rings is 1. The third-order valence-corrected chi connectivity index (χ3v) is 5.95. The van der Waals surface area contributed by atoms with Gasteiger partial charge < -0.3 is 20.4 Å². The van der Waals surface area contributed by atoms with Gasteiger partial charge >= 0.3 is 0 Å². The van der Waals surface area contributed by atoms with Gasteiger partial charge in [-0.3, -0.25) is 9.79 Å². The lowest BCUT2D eigenvalue weighted by molar-refractivity contribution is -0.127. The zero-order valence-electron chi connectivity index (χ0n) is 17.7. The first kappa shape index (κ1) is 21.8. The summed E-state index contributed by atoms with van der Waals surface area (Å²) in [6.45, 7) is 10.5. The highest BCUT2D eigenvalue weighted by Gasteiger charge is 2.24. The second-order valence-electron chi connectivity index (χ2n) is 8.02. The molecule has 0 bridgehead atoms. The summed E-state index contributed by atoms with van der Waals surface area (Å²) in [4.78, 5) is 20.9. The van der Waals surface area contributed by atoms with Gasteiger partial charge in [-0.1, -0.05) is 17.7 Å². The number of carbonyl (C=O) groups excluding carboxylic acids is 1. The van der Waals surface area contributed by atoms with Gasteiger partial charge in [0.2, 0.25) is 5.91 Å². The van der Waals surface area contributed by atoms with Crippen molar-refractivity contribution in [2.75, 3.05) is 50.7 Å². The molecule has 0 aliphatic carbocycles. The number of amides is 1. The molecule has 2 aliphatic rings. The monoisotopic (exact) mass is 419 g/mol. The predicted octanol–water partition coefficient (Wildman–Crippen LogP) is 3.04. The molecule has 2 aliphatic heterocycles. The van der Waals surface area contributed by atoms with E-state index in [-0.39, 0.29) is 0 Å². The van der Waals surface area contributed by atoms with E-state index in [1.807, 2.05) is 11.0 Å². The van der Waals surface area contributed by atoms with Crippen LogP contribution in [0.1, 0.15) is 38.2 Å². The molecule has 2 fully saturated rings. The molecule has 0 saturated carbocycles. The van der Waals surface area contributed by atoms with Crippen molar-refractivity contribution in [3.63, 3.8) is 0 Å². The molecule has 2 heterocycles. The summed E-state index contributed by atoms with van der Waals surface area (Å²) in [6, 6.07) is 6.11. The Morgan fingerprint density at radius 3 is 2.93 bits per heavy atom. The second-order valence-corrected chi connectivity index (χ2v) is 8.45. The topological polar surface area (TPSA) is 60.0 Å². The van der Waals surface area contributed by atoms with Crippen molar-refractivity contribution >= 4 is 29.2 Å². The van der Waals surface area contributed by atoms with Crippen LogP contribution in [0.3, 0.4) is 0 Å². The molecular weight excluding hydrogens is 386 g/mol. The minimum absolute atomic E-state index is 0.298. The number of nitrogens with zero attached hydrogens (tertiary/aromatic N) is 3. The third kappa shape index (κ3) is 6.26. The Labute approximate surface area is 179 Å². The van der Waals surface area contributed by atoms with E-state index in [9.17, 15) is 4.79 Å². The average Bonchev–Trinajstić information content (AvgIpc) is 3.34. The van der Waals surface area contributed by atoms with E-state index < -0.39 is 0 Å². The van der Waals surface area contributed by atoms with Crippen LogP contribution in [0, 0.1) is 12.8 Å². The van der Waals surface area contributed by atoms with Crippen molar-refractivity contribution in [3.8, 4) is 0 Å². The Morgan fingerprint density at radius 2 is 2.17 bits per heavy atom. The van der Waals surface area contributed by atoms with Crippen molar-refractivity contribution in [3.05, 3.63) is 28.8 Å². The fraction of sp³-hybridized carbons (Fsp3) is 0.636. The molecule has 3 rings (SSSR count). The number of carbonyl (C=O) groups is 1. The van der Waals surface area contributed by atoms with E-state index in [0.717, 1.165) is 76.1 Å². The molecule has 1 aromatic carbocycles. The summed E-state index contributed by atoms with van der Waals surface area (Å²) >= 11 is 6.19. The molecule has 2 N–H and O–H groups in total. The zero-order valence-corrected chi connectivity index (χ0v) is 18.5. The Morgan fingerprint density at radius 1 is 1.31 bits per heavy atom. The standard InChI is InChI=1S/C22H34ClN5O/c1-3-24-22(25-10-5-12-27-11-4-6-21(27)29)26-15-18-9-13-28(16-18)20-14-19(23)8-7-17(20)2/h7-8,14,18H,3-6,9-13,15-16H2,1-2H3,(H2,24,25,26). The van der Waals surface area contributed by atoms with Gasteiger partial charge in [0.25, 0.3) is 0 Å². The van der Waals surface area contributed by atoms with Gasteiger partial charge in [0.1, 0.15) is 0 Å². The van der Waals surface area contributed by atoms with Crippen molar-refractivity contribution in [1.29, 1.82) is 0 Å². The van der Waals surface area contributed by atoms with Gasteiger partial charge in [0.05, 0.1) is 0 Å². The first-order valence-electron chi connectivity index (χ1n) is 10.9. The highest BCUT2D eigenvalue weighted by atomic mass is 35.5. The number of nitrogens with one attached hydrogen (secondary N) is 2. The molecule has 0 aromatic heterocycles. The van der Waals surface area contributed by atoms with Crippen LogP contribution < -0.4 is 15.5 Å². The Balaban J connectivity index is 1.44. The number of aryl methyl sites for hydroxylation is 1. The number of aliphatic imine (C=N–C) groups is 1. The van der Waals surface area contributed by atoms with Crippen LogP contribution in [0.15, 0.2) is 23.2 Å². The van der Waals surface area contributed by atoms with E-state index in [2.05, 4.69) is 41.5 Å². The van der Waals surface area contributed by atoms with Gasteiger partial charge in [0, 0.05) is 62.9 Å². The van der Waals surface area contributed by atoms with Crippen LogP contribution in [0.5, 0.6) is 0 Å². The van der Waals surface area contributed by atoms with E-state index in [4.69, 9.17) is 16.6 Å². The smallest absolute Gasteiger partial charge is 0.222 e. The number of hydrogen-bond acceptors (Lipinski definition) is 3. The number of guanidine groups is 1. The highest BCUT2D eigenvalue weighted by molar-refractivity contribution is 6.30. The minimum atomic E-state index is 0.298. The van der Waals surface area contributed by atoms with E-state index in [1.54, 1.807) is 0 Å². The molecule has 0 spiro atoms. The van der Waals surface area contributed by atoms with Crippen LogP contribution >= 0.6 is 11.6 Å². The lowest BCUT2D eigenvalue weighted by Crippen LogP contribution is -2.39. The van der Waals surface area contributed by atoms with Crippen molar-refractivity contribution in [2.24, 2.45) is 10.9 Å². The Hall–Kier alpha value is -1.95. The fourth-order valence-electron chi connectivity index (χ4n) is 4.10. The van der Waals surface area contributed by atoms with Gasteiger partial charge in [-0.05, 0) is 56.7 Å². The summed E-state index contributed by atoms with van der Waals surface area (Å²) in [5.41, 5.74) is 2.51. The fourth-order valence-corrected chi connectivity index (χ4v) is 4.27. The summed E-state index contributed by atoms with van der Waals surface area (Å²) < 4.78 is 0. The molecule has 29 heavy (non-hydrogen) atoms. The summed E-state index contributed by atoms with van der Waals surface area (Å²) in [5.74, 6) is 1.72. The Kier molecular flexibility index (Phi) is 8.04. The highest BCUT2D eigenvalue weighted by Crippen LogP contribution is 2.29. The van der Waals surface area contributed by atoms with E-state index in [0.29, 0.717) is 18.2 Å². The van der Waals surface area contributed by atoms with Gasteiger partial charge in [0.15, 0.2) is 5.96 Å². The van der Waals surface area contributed by atoms with Crippen molar-refractivity contribution in [2.45, 2.75) is 39.5 Å². The lowest BCUT2D eigenvalue weighted by Gasteiger charge is -2.21. The molecule has 0 radical (unpaired) electrons. The average molecular weight is 420 g/mol. The molecule has 160 valence electrons. The summed E-state index contributed by atoms with van der Waals surface area (Å²) in [6.07, 6.45) is 3.81. The summed E-state index contributed by atoms with van der Waals surface area (Å²) in [7, 11) is 0. The number of rotatable bonds is 8. The molecule has 1 aromatic rings. The number of likely N-dealkylation sites (tertiary alicyclic amines) is 1. The largest absolute Gasteiger partial charge is 0.371 e. The molecule has 1 unspecified atom stereocenters. The van der Waals surface area contributed by atoms with Crippen molar-refractivity contribution in [1.82, 2.24) is 15.5 Å². The minimum Gasteiger partial charge on any atom is -0.371 e. The second kappa shape index (κ2) is 10.7. The molecule has 1 amide bonds. The van der Waals surface area contributed by atoms with Gasteiger partial charge in [-0.15, -0.1) is 0 Å². The molecule has 1 atom stereocenters.